The number of rotatable bonds is 6. The second kappa shape index (κ2) is 8.02. The lowest BCUT2D eigenvalue weighted by Crippen LogP contribution is -2.18. The maximum Gasteiger partial charge on any atom is 0.262 e. The fourth-order valence-electron chi connectivity index (χ4n) is 3.41. The highest BCUT2D eigenvalue weighted by atomic mass is 32.2. The van der Waals surface area contributed by atoms with Crippen LogP contribution in [0.1, 0.15) is 22.3 Å². The highest BCUT2D eigenvalue weighted by molar-refractivity contribution is 7.92. The minimum atomic E-state index is -3.68. The minimum Gasteiger partial charge on any atom is -0.355 e. The molecule has 5 nitrogen and oxygen atoms in total. The second-order valence-electron chi connectivity index (χ2n) is 7.08. The number of aromatic nitrogens is 1. The van der Waals surface area contributed by atoms with Gasteiger partial charge in [0, 0.05) is 13.6 Å². The van der Waals surface area contributed by atoms with E-state index in [0.717, 1.165) is 29.1 Å². The monoisotopic (exact) mass is 395 g/mol. The Hall–Kier alpha value is -2.86. The molecule has 146 valence electrons. The first-order valence-electron chi connectivity index (χ1n) is 9.08. The highest BCUT2D eigenvalue weighted by Crippen LogP contribution is 2.25. The van der Waals surface area contributed by atoms with E-state index in [-0.39, 0.29) is 0 Å². The predicted octanol–water partition coefficient (Wildman–Crippen LogP) is 4.44. The van der Waals surface area contributed by atoms with E-state index >= 15 is 0 Å². The molecular formula is C22H25N3O2S. The summed E-state index contributed by atoms with van der Waals surface area (Å²) in [5.74, 6) is 0.773. The van der Waals surface area contributed by atoms with Crippen molar-refractivity contribution in [2.45, 2.75) is 32.2 Å². The van der Waals surface area contributed by atoms with Crippen LogP contribution in [0.4, 0.5) is 11.5 Å². The maximum absolute atomic E-state index is 12.9. The smallest absolute Gasteiger partial charge is 0.262 e. The van der Waals surface area contributed by atoms with Gasteiger partial charge in [0.2, 0.25) is 0 Å². The summed E-state index contributed by atoms with van der Waals surface area (Å²) >= 11 is 0. The van der Waals surface area contributed by atoms with Gasteiger partial charge in [0.1, 0.15) is 5.82 Å². The van der Waals surface area contributed by atoms with E-state index in [2.05, 4.69) is 21.8 Å². The van der Waals surface area contributed by atoms with Crippen molar-refractivity contribution in [1.82, 2.24) is 4.98 Å². The van der Waals surface area contributed by atoms with Crippen molar-refractivity contribution >= 4 is 21.5 Å². The molecule has 28 heavy (non-hydrogen) atoms. The number of pyridine rings is 1. The average molecular weight is 396 g/mol. The van der Waals surface area contributed by atoms with Crippen LogP contribution in [-0.4, -0.2) is 20.4 Å². The van der Waals surface area contributed by atoms with Crippen molar-refractivity contribution in [3.8, 4) is 0 Å². The van der Waals surface area contributed by atoms with Gasteiger partial charge in [-0.05, 0) is 49.6 Å². The largest absolute Gasteiger partial charge is 0.355 e. The maximum atomic E-state index is 12.9. The Balaban J connectivity index is 1.77. The Morgan fingerprint density at radius 1 is 0.964 bits per heavy atom. The quantitative estimate of drug-likeness (QED) is 0.670. The zero-order valence-corrected chi connectivity index (χ0v) is 17.4. The Morgan fingerprint density at radius 2 is 1.61 bits per heavy atom. The Morgan fingerprint density at radius 3 is 2.18 bits per heavy atom. The SMILES string of the molecule is Cc1cc(C)c(S(=O)(=O)Nc2ccc(N(C)Cc3ccccc3)nc2)c(C)c1. The molecule has 0 bridgehead atoms. The minimum absolute atomic E-state index is 0.323. The van der Waals surface area contributed by atoms with Gasteiger partial charge < -0.3 is 4.90 Å². The molecule has 0 spiro atoms. The lowest BCUT2D eigenvalue weighted by Gasteiger charge is -2.19. The van der Waals surface area contributed by atoms with Crippen LogP contribution in [0.3, 0.4) is 0 Å². The molecule has 0 aliphatic carbocycles. The highest BCUT2D eigenvalue weighted by Gasteiger charge is 2.20. The van der Waals surface area contributed by atoms with E-state index in [1.165, 1.54) is 5.56 Å². The molecule has 0 amide bonds. The standard InChI is InChI=1S/C22H25N3O2S/c1-16-12-17(2)22(18(3)13-16)28(26,27)24-20-10-11-21(23-14-20)25(4)15-19-8-6-5-7-9-19/h5-14,24H,15H2,1-4H3. The van der Waals surface area contributed by atoms with Crippen molar-refractivity contribution in [3.63, 3.8) is 0 Å². The first kappa shape index (κ1) is 19.9. The Bertz CT molecular complexity index is 1040. The molecule has 1 heterocycles. The van der Waals surface area contributed by atoms with E-state index in [1.54, 1.807) is 12.3 Å². The van der Waals surface area contributed by atoms with Crippen LogP contribution in [0.15, 0.2) is 65.7 Å². The van der Waals surface area contributed by atoms with Gasteiger partial charge in [-0.25, -0.2) is 13.4 Å². The molecule has 0 unspecified atom stereocenters. The third-order valence-corrected chi connectivity index (χ3v) is 6.21. The van der Waals surface area contributed by atoms with Crippen LogP contribution in [0.2, 0.25) is 0 Å². The summed E-state index contributed by atoms with van der Waals surface area (Å²) in [6.07, 6.45) is 1.55. The predicted molar refractivity (Wildman–Crippen MR) is 114 cm³/mol. The summed E-state index contributed by atoms with van der Waals surface area (Å²) in [5.41, 5.74) is 4.13. The number of nitrogens with zero attached hydrogens (tertiary/aromatic N) is 2. The molecule has 2 aromatic carbocycles. The first-order valence-corrected chi connectivity index (χ1v) is 10.6. The molecule has 1 aromatic heterocycles. The van der Waals surface area contributed by atoms with E-state index in [0.29, 0.717) is 10.6 Å². The fourth-order valence-corrected chi connectivity index (χ4v) is 4.91. The first-order chi connectivity index (χ1) is 13.3. The average Bonchev–Trinajstić information content (AvgIpc) is 2.61. The van der Waals surface area contributed by atoms with Gasteiger partial charge in [0.15, 0.2) is 0 Å². The zero-order chi connectivity index (χ0) is 20.3. The molecule has 6 heteroatoms. The molecule has 0 saturated heterocycles. The number of benzene rings is 2. The van der Waals surface area contributed by atoms with Gasteiger partial charge >= 0.3 is 0 Å². The molecule has 3 aromatic rings. The number of anilines is 2. The number of sulfonamides is 1. The van der Waals surface area contributed by atoms with Gasteiger partial charge in [0.25, 0.3) is 10.0 Å². The van der Waals surface area contributed by atoms with Crippen molar-refractivity contribution < 1.29 is 8.42 Å². The van der Waals surface area contributed by atoms with Crippen LogP contribution in [0.25, 0.3) is 0 Å². The Labute approximate surface area is 167 Å². The normalized spacial score (nSPS) is 11.3. The van der Waals surface area contributed by atoms with E-state index < -0.39 is 10.0 Å². The Kier molecular flexibility index (Phi) is 5.70. The topological polar surface area (TPSA) is 62.3 Å². The van der Waals surface area contributed by atoms with Crippen LogP contribution in [-0.2, 0) is 16.6 Å². The summed E-state index contributed by atoms with van der Waals surface area (Å²) in [5, 5.41) is 0. The van der Waals surface area contributed by atoms with Crippen LogP contribution >= 0.6 is 0 Å². The van der Waals surface area contributed by atoms with Gasteiger partial charge in [-0.1, -0.05) is 48.0 Å². The summed E-state index contributed by atoms with van der Waals surface area (Å²) in [6, 6.07) is 17.4. The molecule has 3 rings (SSSR count). The number of nitrogens with one attached hydrogen (secondary N) is 1. The summed E-state index contributed by atoms with van der Waals surface area (Å²) in [7, 11) is -1.72. The van der Waals surface area contributed by atoms with Crippen molar-refractivity contribution in [2.75, 3.05) is 16.7 Å². The van der Waals surface area contributed by atoms with Crippen molar-refractivity contribution in [1.29, 1.82) is 0 Å². The lowest BCUT2D eigenvalue weighted by atomic mass is 10.1. The molecule has 0 aliphatic rings. The number of hydrogen-bond donors (Lipinski definition) is 1. The molecule has 0 radical (unpaired) electrons. The molecular weight excluding hydrogens is 370 g/mol. The molecule has 0 aliphatic heterocycles. The van der Waals surface area contributed by atoms with Gasteiger partial charge in [-0.15, -0.1) is 0 Å². The number of hydrogen-bond acceptors (Lipinski definition) is 4. The van der Waals surface area contributed by atoms with E-state index in [9.17, 15) is 8.42 Å². The second-order valence-corrected chi connectivity index (χ2v) is 8.70. The van der Waals surface area contributed by atoms with E-state index in [4.69, 9.17) is 0 Å². The van der Waals surface area contributed by atoms with Gasteiger partial charge in [0.05, 0.1) is 16.8 Å². The summed E-state index contributed by atoms with van der Waals surface area (Å²) in [4.78, 5) is 6.75. The van der Waals surface area contributed by atoms with Crippen molar-refractivity contribution in [2.24, 2.45) is 0 Å². The van der Waals surface area contributed by atoms with Crippen LogP contribution < -0.4 is 9.62 Å². The van der Waals surface area contributed by atoms with Crippen molar-refractivity contribution in [3.05, 3.63) is 83.0 Å². The van der Waals surface area contributed by atoms with E-state index in [1.807, 2.05) is 69.1 Å². The van der Waals surface area contributed by atoms with Crippen LogP contribution in [0.5, 0.6) is 0 Å². The fraction of sp³-hybridized carbons (Fsp3) is 0.227. The summed E-state index contributed by atoms with van der Waals surface area (Å²) < 4.78 is 28.4. The van der Waals surface area contributed by atoms with Gasteiger partial charge in [-0.3, -0.25) is 4.72 Å². The number of aryl methyl sites for hydroxylation is 3. The molecule has 0 fully saturated rings. The lowest BCUT2D eigenvalue weighted by molar-refractivity contribution is 0.600. The third kappa shape index (κ3) is 4.51. The molecule has 1 N–H and O–H groups in total. The summed E-state index contributed by atoms with van der Waals surface area (Å²) in [6.45, 7) is 6.31. The van der Waals surface area contributed by atoms with Crippen LogP contribution in [0, 0.1) is 20.8 Å². The van der Waals surface area contributed by atoms with Gasteiger partial charge in [-0.2, -0.15) is 0 Å². The molecule has 0 saturated carbocycles. The zero-order valence-electron chi connectivity index (χ0n) is 16.6. The molecule has 0 atom stereocenters. The third-order valence-electron chi connectivity index (χ3n) is 4.53.